The number of hydrogen-bond acceptors (Lipinski definition) is 7. The van der Waals surface area contributed by atoms with Crippen LogP contribution in [0.4, 0.5) is 0 Å². The molecule has 0 atom stereocenters. The number of rotatable bonds is 13. The molecule has 0 fully saturated rings. The quantitative estimate of drug-likeness (QED) is 0.111. The van der Waals surface area contributed by atoms with Crippen molar-refractivity contribution in [3.05, 3.63) is 113 Å². The summed E-state index contributed by atoms with van der Waals surface area (Å²) >= 11 is 0. The molecule has 42 heavy (non-hydrogen) atoms. The van der Waals surface area contributed by atoms with Gasteiger partial charge in [0.05, 0.1) is 30.4 Å². The monoisotopic (exact) mass is 570 g/mol. The van der Waals surface area contributed by atoms with Gasteiger partial charge in [-0.2, -0.15) is 0 Å². The van der Waals surface area contributed by atoms with Gasteiger partial charge in [0, 0.05) is 17.7 Å². The van der Waals surface area contributed by atoms with E-state index < -0.39 is 5.78 Å². The van der Waals surface area contributed by atoms with E-state index in [0.29, 0.717) is 29.2 Å². The maximum atomic E-state index is 12.4. The summed E-state index contributed by atoms with van der Waals surface area (Å²) in [5.41, 5.74) is 1.14. The molecule has 0 saturated heterocycles. The van der Waals surface area contributed by atoms with E-state index in [1.54, 1.807) is 42.5 Å². The van der Waals surface area contributed by atoms with E-state index >= 15 is 0 Å². The lowest BCUT2D eigenvalue weighted by Gasteiger charge is -2.09. The Bertz CT molecular complexity index is 1450. The average Bonchev–Trinajstić information content (AvgIpc) is 3.01. The third-order valence-electron chi connectivity index (χ3n) is 6.61. The molecule has 0 saturated carbocycles. The molecule has 0 aliphatic heterocycles. The van der Waals surface area contributed by atoms with Crippen molar-refractivity contribution in [1.82, 2.24) is 0 Å². The zero-order chi connectivity index (χ0) is 30.3. The lowest BCUT2D eigenvalue weighted by Crippen LogP contribution is -2.02. The molecule has 0 amide bonds. The third kappa shape index (κ3) is 9.13. The Morgan fingerprint density at radius 3 is 1.79 bits per heavy atom. The highest BCUT2D eigenvalue weighted by Crippen LogP contribution is 2.28. The number of aromatic hydroxyl groups is 3. The smallest absolute Gasteiger partial charge is 0.200 e. The van der Waals surface area contributed by atoms with Gasteiger partial charge in [0.1, 0.15) is 28.7 Å². The number of ether oxygens (including phenoxy) is 2. The average molecular weight is 571 g/mol. The van der Waals surface area contributed by atoms with Gasteiger partial charge in [-0.25, -0.2) is 0 Å². The van der Waals surface area contributed by atoms with Gasteiger partial charge in [-0.3, -0.25) is 9.59 Å². The molecule has 4 aromatic carbocycles. The SMILES string of the molecule is CCCCCCCCOc1ccc(C(=O)c2ccccc2)c(O)c1.COc1ccc(C(=O)c2ccccc2O)c(O)c1. The number of phenols is 3. The van der Waals surface area contributed by atoms with E-state index in [2.05, 4.69) is 6.92 Å². The molecule has 4 rings (SSSR count). The van der Waals surface area contributed by atoms with Gasteiger partial charge in [0.2, 0.25) is 0 Å². The van der Waals surface area contributed by atoms with E-state index in [0.717, 1.165) is 12.8 Å². The Morgan fingerprint density at radius 2 is 1.14 bits per heavy atom. The minimum Gasteiger partial charge on any atom is -0.507 e. The van der Waals surface area contributed by atoms with Crippen LogP contribution in [-0.2, 0) is 0 Å². The van der Waals surface area contributed by atoms with E-state index in [9.17, 15) is 24.9 Å². The van der Waals surface area contributed by atoms with Crippen LogP contribution in [-0.4, -0.2) is 40.6 Å². The minimum atomic E-state index is -0.437. The number of phenolic OH excluding ortho intramolecular Hbond substituents is 3. The van der Waals surface area contributed by atoms with E-state index in [1.807, 2.05) is 18.2 Å². The van der Waals surface area contributed by atoms with E-state index in [-0.39, 0.29) is 34.2 Å². The number of unbranched alkanes of at least 4 members (excludes halogenated alkanes) is 5. The Kier molecular flexibility index (Phi) is 12.5. The summed E-state index contributed by atoms with van der Waals surface area (Å²) in [5, 5.41) is 29.5. The zero-order valence-electron chi connectivity index (χ0n) is 24.1. The first-order valence-corrected chi connectivity index (χ1v) is 14.1. The van der Waals surface area contributed by atoms with Crippen molar-refractivity contribution in [2.75, 3.05) is 13.7 Å². The van der Waals surface area contributed by atoms with Gasteiger partial charge in [0.25, 0.3) is 0 Å². The van der Waals surface area contributed by atoms with Crippen molar-refractivity contribution in [3.8, 4) is 28.7 Å². The van der Waals surface area contributed by atoms with Crippen molar-refractivity contribution < 1.29 is 34.4 Å². The molecular weight excluding hydrogens is 532 g/mol. The number of carbonyl (C=O) groups excluding carboxylic acids is 2. The Balaban J connectivity index is 0.000000240. The predicted molar refractivity (Wildman–Crippen MR) is 163 cm³/mol. The van der Waals surface area contributed by atoms with Crippen molar-refractivity contribution in [3.63, 3.8) is 0 Å². The summed E-state index contributed by atoms with van der Waals surface area (Å²) in [6, 6.07) is 24.4. The summed E-state index contributed by atoms with van der Waals surface area (Å²) in [7, 11) is 1.47. The lowest BCUT2D eigenvalue weighted by atomic mass is 10.0. The molecule has 7 heteroatoms. The van der Waals surface area contributed by atoms with Gasteiger partial charge in [-0.05, 0) is 42.8 Å². The summed E-state index contributed by atoms with van der Waals surface area (Å²) in [6.45, 7) is 2.85. The topological polar surface area (TPSA) is 113 Å². The molecule has 7 nitrogen and oxygen atoms in total. The molecule has 3 N–H and O–H groups in total. The summed E-state index contributed by atoms with van der Waals surface area (Å²) in [6.07, 6.45) is 7.25. The molecule has 0 aromatic heterocycles. The molecular formula is C35H38O7. The van der Waals surface area contributed by atoms with Crippen LogP contribution in [0.2, 0.25) is 0 Å². The molecule has 0 unspecified atom stereocenters. The standard InChI is InChI=1S/C21H26O3.C14H12O4/c1-2-3-4-5-6-10-15-24-18-13-14-19(20(22)16-18)21(23)17-11-8-7-9-12-17;1-18-9-6-7-11(13(16)8-9)14(17)10-4-2-3-5-12(10)15/h7-9,11-14,16,22H,2-6,10,15H2,1H3;2-8,15-16H,1H3. The van der Waals surface area contributed by atoms with E-state index in [4.69, 9.17) is 9.47 Å². The highest BCUT2D eigenvalue weighted by Gasteiger charge is 2.17. The minimum absolute atomic E-state index is 0.0377. The van der Waals surface area contributed by atoms with Crippen molar-refractivity contribution >= 4 is 11.6 Å². The first kappa shape index (κ1) is 31.7. The second-order valence-corrected chi connectivity index (χ2v) is 9.72. The Morgan fingerprint density at radius 1 is 0.595 bits per heavy atom. The fraction of sp³-hybridized carbons (Fsp3) is 0.257. The van der Waals surface area contributed by atoms with Gasteiger partial charge in [0.15, 0.2) is 11.6 Å². The normalized spacial score (nSPS) is 10.3. The van der Waals surface area contributed by atoms with Gasteiger partial charge < -0.3 is 24.8 Å². The number of ketones is 2. The Hall–Kier alpha value is -4.78. The molecule has 220 valence electrons. The summed E-state index contributed by atoms with van der Waals surface area (Å²) in [4.78, 5) is 24.5. The largest absolute Gasteiger partial charge is 0.507 e. The fourth-order valence-corrected chi connectivity index (χ4v) is 4.25. The van der Waals surface area contributed by atoms with E-state index in [1.165, 1.54) is 63.1 Å². The fourth-order valence-electron chi connectivity index (χ4n) is 4.25. The van der Waals surface area contributed by atoms with Crippen LogP contribution in [0.25, 0.3) is 0 Å². The first-order chi connectivity index (χ1) is 20.3. The van der Waals surface area contributed by atoms with Crippen LogP contribution in [0.15, 0.2) is 91.0 Å². The number of hydrogen-bond donors (Lipinski definition) is 3. The molecule has 4 aromatic rings. The summed E-state index contributed by atoms with van der Waals surface area (Å²) in [5.74, 6) is 0.112. The number of methoxy groups -OCH3 is 1. The van der Waals surface area contributed by atoms with Crippen LogP contribution in [0, 0.1) is 0 Å². The summed E-state index contributed by atoms with van der Waals surface area (Å²) < 4.78 is 10.6. The third-order valence-corrected chi connectivity index (χ3v) is 6.61. The van der Waals surface area contributed by atoms with Crippen molar-refractivity contribution in [2.45, 2.75) is 45.4 Å². The predicted octanol–water partition coefficient (Wildman–Crippen LogP) is 7.70. The maximum absolute atomic E-state index is 12.4. The maximum Gasteiger partial charge on any atom is 0.200 e. The van der Waals surface area contributed by atoms with Crippen LogP contribution in [0.1, 0.15) is 77.3 Å². The molecule has 0 radical (unpaired) electrons. The van der Waals surface area contributed by atoms with Gasteiger partial charge in [-0.15, -0.1) is 0 Å². The first-order valence-electron chi connectivity index (χ1n) is 14.1. The number of benzene rings is 4. The van der Waals surface area contributed by atoms with Gasteiger partial charge in [-0.1, -0.05) is 81.5 Å². The molecule has 0 bridgehead atoms. The second kappa shape index (κ2) is 16.5. The number of para-hydroxylation sites is 1. The van der Waals surface area contributed by atoms with Crippen LogP contribution >= 0.6 is 0 Å². The van der Waals surface area contributed by atoms with Crippen LogP contribution in [0.3, 0.4) is 0 Å². The highest BCUT2D eigenvalue weighted by molar-refractivity contribution is 6.12. The second-order valence-electron chi connectivity index (χ2n) is 9.72. The van der Waals surface area contributed by atoms with Gasteiger partial charge >= 0.3 is 0 Å². The van der Waals surface area contributed by atoms with Crippen molar-refractivity contribution in [1.29, 1.82) is 0 Å². The lowest BCUT2D eigenvalue weighted by molar-refractivity contribution is 0.102. The molecule has 0 aliphatic carbocycles. The molecule has 0 heterocycles. The highest BCUT2D eigenvalue weighted by atomic mass is 16.5. The van der Waals surface area contributed by atoms with Crippen LogP contribution in [0.5, 0.6) is 28.7 Å². The zero-order valence-corrected chi connectivity index (χ0v) is 24.1. The van der Waals surface area contributed by atoms with Crippen molar-refractivity contribution in [2.24, 2.45) is 0 Å². The Labute approximate surface area is 247 Å². The molecule has 0 aliphatic rings. The number of carbonyl (C=O) groups is 2. The molecule has 0 spiro atoms. The van der Waals surface area contributed by atoms with Crippen LogP contribution < -0.4 is 9.47 Å².